The normalized spacial score (nSPS) is 17.1. The van der Waals surface area contributed by atoms with Crippen molar-refractivity contribution in [3.05, 3.63) is 92.7 Å². The first-order chi connectivity index (χ1) is 20.0. The van der Waals surface area contributed by atoms with Crippen molar-refractivity contribution in [3.63, 3.8) is 0 Å². The Hall–Kier alpha value is -4.54. The standard InChI is InChI=1S/C30H24Cl2N4O6/c1-14(2)26-24-25(34-36(26)21-11-15(28(39)42-4)5-10-23(21)41-3)27(38)35(20-13-17(32)7-9-22(20)37)30(24)18-8-6-16(31)12-19(18)33-29(30)40/h5-14,37H,1-4H3,(H,33,40). The summed E-state index contributed by atoms with van der Waals surface area (Å²) in [6, 6.07) is 13.9. The molecular formula is C30H24Cl2N4O6. The van der Waals surface area contributed by atoms with Crippen LogP contribution in [0, 0.1) is 0 Å². The summed E-state index contributed by atoms with van der Waals surface area (Å²) in [7, 11) is 2.75. The molecule has 10 nitrogen and oxygen atoms in total. The van der Waals surface area contributed by atoms with E-state index in [4.69, 9.17) is 37.8 Å². The molecule has 0 aliphatic carbocycles. The van der Waals surface area contributed by atoms with E-state index in [1.54, 1.807) is 36.4 Å². The van der Waals surface area contributed by atoms with Gasteiger partial charge in [0.15, 0.2) is 11.2 Å². The number of benzene rings is 3. The van der Waals surface area contributed by atoms with E-state index in [2.05, 4.69) is 5.32 Å². The van der Waals surface area contributed by atoms with Gasteiger partial charge in [-0.25, -0.2) is 9.48 Å². The lowest BCUT2D eigenvalue weighted by atomic mass is 9.81. The minimum Gasteiger partial charge on any atom is -0.506 e. The van der Waals surface area contributed by atoms with E-state index in [0.29, 0.717) is 39.0 Å². The van der Waals surface area contributed by atoms with Crippen LogP contribution in [0.5, 0.6) is 11.5 Å². The molecule has 42 heavy (non-hydrogen) atoms. The van der Waals surface area contributed by atoms with Crippen molar-refractivity contribution in [2.45, 2.75) is 25.3 Å². The molecule has 214 valence electrons. The summed E-state index contributed by atoms with van der Waals surface area (Å²) < 4.78 is 12.0. The van der Waals surface area contributed by atoms with Crippen LogP contribution >= 0.6 is 23.2 Å². The van der Waals surface area contributed by atoms with E-state index in [1.165, 1.54) is 42.0 Å². The topological polar surface area (TPSA) is 123 Å². The lowest BCUT2D eigenvalue weighted by Gasteiger charge is -2.35. The number of amides is 2. The molecule has 0 bridgehead atoms. The number of aromatic nitrogens is 2. The molecule has 1 aromatic heterocycles. The number of anilines is 2. The lowest BCUT2D eigenvalue weighted by Crippen LogP contribution is -2.50. The first kappa shape index (κ1) is 27.6. The SMILES string of the molecule is COC(=O)c1ccc(OC)c(-n2nc3c(c2C(C)C)C2(C(=O)Nc4cc(Cl)ccc42)N(c2cc(Cl)ccc2O)C3=O)c1. The summed E-state index contributed by atoms with van der Waals surface area (Å²) in [5.74, 6) is -1.92. The Balaban J connectivity index is 1.73. The Labute approximate surface area is 250 Å². The van der Waals surface area contributed by atoms with Crippen LogP contribution in [0.15, 0.2) is 54.6 Å². The van der Waals surface area contributed by atoms with Gasteiger partial charge in [-0.05, 0) is 54.4 Å². The summed E-state index contributed by atoms with van der Waals surface area (Å²) in [5, 5.41) is 19.2. The number of hydrogen-bond acceptors (Lipinski definition) is 7. The van der Waals surface area contributed by atoms with Crippen LogP contribution in [0.25, 0.3) is 5.69 Å². The molecule has 2 amide bonds. The van der Waals surface area contributed by atoms with Crippen molar-refractivity contribution >= 4 is 52.4 Å². The van der Waals surface area contributed by atoms with E-state index >= 15 is 0 Å². The number of aromatic hydroxyl groups is 1. The first-order valence-electron chi connectivity index (χ1n) is 12.9. The third kappa shape index (κ3) is 3.72. The fourth-order valence-electron chi connectivity index (χ4n) is 5.83. The molecule has 0 fully saturated rings. The maximum Gasteiger partial charge on any atom is 0.337 e. The fraction of sp³-hybridized carbons (Fsp3) is 0.200. The zero-order valence-electron chi connectivity index (χ0n) is 22.9. The summed E-state index contributed by atoms with van der Waals surface area (Å²) in [5.41, 5.74) is 0.548. The molecule has 0 radical (unpaired) electrons. The molecule has 4 aromatic rings. The predicted molar refractivity (Wildman–Crippen MR) is 156 cm³/mol. The van der Waals surface area contributed by atoms with Gasteiger partial charge in [-0.1, -0.05) is 43.1 Å². The number of nitrogens with zero attached hydrogens (tertiary/aromatic N) is 3. The number of fused-ring (bicyclic) bond motifs is 4. The number of esters is 1. The molecular weight excluding hydrogens is 583 g/mol. The van der Waals surface area contributed by atoms with Gasteiger partial charge in [0, 0.05) is 26.9 Å². The Morgan fingerprint density at radius 1 is 1.00 bits per heavy atom. The van der Waals surface area contributed by atoms with Gasteiger partial charge < -0.3 is 19.9 Å². The molecule has 12 heteroatoms. The number of carbonyl (C=O) groups is 3. The Morgan fingerprint density at radius 3 is 2.40 bits per heavy atom. The molecule has 3 heterocycles. The minimum atomic E-state index is -1.78. The quantitative estimate of drug-likeness (QED) is 0.281. The third-order valence-electron chi connectivity index (χ3n) is 7.53. The fourth-order valence-corrected chi connectivity index (χ4v) is 6.17. The van der Waals surface area contributed by atoms with Gasteiger partial charge in [0.05, 0.1) is 31.2 Å². The second-order valence-corrected chi connectivity index (χ2v) is 11.1. The van der Waals surface area contributed by atoms with Gasteiger partial charge in [-0.15, -0.1) is 0 Å². The lowest BCUT2D eigenvalue weighted by molar-refractivity contribution is -0.119. The highest BCUT2D eigenvalue weighted by Crippen LogP contribution is 2.56. The second-order valence-electron chi connectivity index (χ2n) is 10.2. The van der Waals surface area contributed by atoms with Crippen LogP contribution in [0.1, 0.15) is 57.4 Å². The van der Waals surface area contributed by atoms with Crippen LogP contribution in [0.2, 0.25) is 10.0 Å². The molecule has 1 unspecified atom stereocenters. The number of phenolic OH excluding ortho intramolecular Hbond substituents is 1. The number of rotatable bonds is 5. The van der Waals surface area contributed by atoms with Gasteiger partial charge in [0.25, 0.3) is 11.8 Å². The van der Waals surface area contributed by atoms with E-state index in [1.807, 2.05) is 13.8 Å². The molecule has 1 spiro atoms. The molecule has 1 atom stereocenters. The maximum atomic E-state index is 14.4. The van der Waals surface area contributed by atoms with Crippen LogP contribution in [-0.2, 0) is 15.1 Å². The number of phenols is 1. The van der Waals surface area contributed by atoms with E-state index in [9.17, 15) is 19.5 Å². The highest BCUT2D eigenvalue weighted by molar-refractivity contribution is 6.32. The van der Waals surface area contributed by atoms with Crippen molar-refractivity contribution in [2.75, 3.05) is 24.4 Å². The number of carbonyl (C=O) groups excluding carboxylic acids is 3. The summed E-state index contributed by atoms with van der Waals surface area (Å²) in [4.78, 5) is 42.4. The smallest absolute Gasteiger partial charge is 0.337 e. The minimum absolute atomic E-state index is 0.0125. The number of ether oxygens (including phenoxy) is 2. The first-order valence-corrected chi connectivity index (χ1v) is 13.6. The van der Waals surface area contributed by atoms with Crippen molar-refractivity contribution in [2.24, 2.45) is 0 Å². The molecule has 2 N–H and O–H groups in total. The predicted octanol–water partition coefficient (Wildman–Crippen LogP) is 5.66. The van der Waals surface area contributed by atoms with Crippen molar-refractivity contribution in [1.82, 2.24) is 9.78 Å². The van der Waals surface area contributed by atoms with Gasteiger partial charge in [0.2, 0.25) is 0 Å². The highest BCUT2D eigenvalue weighted by Gasteiger charge is 2.64. The average Bonchev–Trinajstić information content (AvgIpc) is 3.57. The largest absolute Gasteiger partial charge is 0.506 e. The Kier molecular flexibility index (Phi) is 6.43. The van der Waals surface area contributed by atoms with Crippen LogP contribution in [0.3, 0.4) is 0 Å². The van der Waals surface area contributed by atoms with Crippen molar-refractivity contribution in [3.8, 4) is 17.2 Å². The van der Waals surface area contributed by atoms with E-state index < -0.39 is 23.3 Å². The molecule has 0 saturated heterocycles. The van der Waals surface area contributed by atoms with Crippen LogP contribution in [0.4, 0.5) is 11.4 Å². The zero-order chi connectivity index (χ0) is 30.1. The molecule has 2 aliphatic rings. The average molecular weight is 607 g/mol. The zero-order valence-corrected chi connectivity index (χ0v) is 24.4. The number of methoxy groups -OCH3 is 2. The summed E-state index contributed by atoms with van der Waals surface area (Å²) in [6.07, 6.45) is 0. The molecule has 6 rings (SSSR count). The van der Waals surface area contributed by atoms with Crippen LogP contribution < -0.4 is 15.0 Å². The number of nitrogens with one attached hydrogen (secondary N) is 1. The van der Waals surface area contributed by atoms with Gasteiger partial charge in [-0.2, -0.15) is 5.10 Å². The Morgan fingerprint density at radius 2 is 1.71 bits per heavy atom. The Bertz CT molecular complexity index is 1830. The monoisotopic (exact) mass is 606 g/mol. The van der Waals surface area contributed by atoms with Gasteiger partial charge >= 0.3 is 5.97 Å². The summed E-state index contributed by atoms with van der Waals surface area (Å²) >= 11 is 12.6. The van der Waals surface area contributed by atoms with E-state index in [0.717, 1.165) is 0 Å². The van der Waals surface area contributed by atoms with Crippen molar-refractivity contribution < 1.29 is 29.0 Å². The van der Waals surface area contributed by atoms with Gasteiger partial charge in [-0.3, -0.25) is 14.5 Å². The number of hydrogen-bond donors (Lipinski definition) is 2. The van der Waals surface area contributed by atoms with E-state index in [-0.39, 0.29) is 33.6 Å². The van der Waals surface area contributed by atoms with Crippen LogP contribution in [-0.4, -0.2) is 46.9 Å². The molecule has 3 aromatic carbocycles. The molecule has 0 saturated carbocycles. The van der Waals surface area contributed by atoms with Gasteiger partial charge in [0.1, 0.15) is 17.2 Å². The molecule has 2 aliphatic heterocycles. The summed E-state index contributed by atoms with van der Waals surface area (Å²) in [6.45, 7) is 3.80. The maximum absolute atomic E-state index is 14.4. The second kappa shape index (κ2) is 9.78. The number of halogens is 2. The third-order valence-corrected chi connectivity index (χ3v) is 8.00. The van der Waals surface area contributed by atoms with Crippen molar-refractivity contribution in [1.29, 1.82) is 0 Å². The highest BCUT2D eigenvalue weighted by atomic mass is 35.5.